The lowest BCUT2D eigenvalue weighted by molar-refractivity contribution is 0.171. The fourth-order valence-corrected chi connectivity index (χ4v) is 2.96. The summed E-state index contributed by atoms with van der Waals surface area (Å²) >= 11 is 6.23. The number of carbonyl (C=O) groups is 1. The number of nitrogens with one attached hydrogen (secondary N) is 1. The molecule has 1 N–H and O–H groups in total. The number of hydrogen-bond donors (Lipinski definition) is 1. The second kappa shape index (κ2) is 9.37. The van der Waals surface area contributed by atoms with Gasteiger partial charge < -0.3 is 24.4 Å². The highest BCUT2D eigenvalue weighted by Crippen LogP contribution is 2.38. The SMILES string of the molecule is CN(CCOc1ccccc1)C(=O)NCCc1cc(Cl)c2c(c1)OCCO2. The number of urea groups is 1. The molecule has 0 aliphatic carbocycles. The van der Waals surface area contributed by atoms with Crippen molar-refractivity contribution in [3.8, 4) is 17.2 Å². The zero-order valence-corrected chi connectivity index (χ0v) is 16.0. The smallest absolute Gasteiger partial charge is 0.317 e. The maximum atomic E-state index is 12.2. The molecule has 0 spiro atoms. The topological polar surface area (TPSA) is 60.0 Å². The van der Waals surface area contributed by atoms with Gasteiger partial charge in [-0.25, -0.2) is 4.79 Å². The maximum absolute atomic E-state index is 12.2. The van der Waals surface area contributed by atoms with E-state index in [2.05, 4.69) is 5.32 Å². The van der Waals surface area contributed by atoms with Crippen molar-refractivity contribution in [2.45, 2.75) is 6.42 Å². The molecule has 0 radical (unpaired) electrons. The number of fused-ring (bicyclic) bond motifs is 1. The van der Waals surface area contributed by atoms with Crippen molar-refractivity contribution in [1.82, 2.24) is 10.2 Å². The molecule has 0 saturated carbocycles. The van der Waals surface area contributed by atoms with Crippen LogP contribution in [0.2, 0.25) is 5.02 Å². The van der Waals surface area contributed by atoms with Gasteiger partial charge in [-0.15, -0.1) is 0 Å². The van der Waals surface area contributed by atoms with Crippen LogP contribution in [0.3, 0.4) is 0 Å². The first-order chi connectivity index (χ1) is 13.1. The summed E-state index contributed by atoms with van der Waals surface area (Å²) in [6.07, 6.45) is 0.649. The third-order valence-corrected chi connectivity index (χ3v) is 4.41. The molecular formula is C20H23ClN2O4. The van der Waals surface area contributed by atoms with Crippen molar-refractivity contribution < 1.29 is 19.0 Å². The van der Waals surface area contributed by atoms with E-state index in [1.807, 2.05) is 42.5 Å². The quantitative estimate of drug-likeness (QED) is 0.787. The molecule has 1 heterocycles. The summed E-state index contributed by atoms with van der Waals surface area (Å²) in [6.45, 7) is 2.45. The van der Waals surface area contributed by atoms with Crippen molar-refractivity contribution in [3.05, 3.63) is 53.1 Å². The zero-order chi connectivity index (χ0) is 19.1. The van der Waals surface area contributed by atoms with Gasteiger partial charge in [0, 0.05) is 13.6 Å². The number of hydrogen-bond acceptors (Lipinski definition) is 4. The van der Waals surface area contributed by atoms with E-state index in [1.165, 1.54) is 0 Å². The van der Waals surface area contributed by atoms with Gasteiger partial charge in [0.05, 0.1) is 11.6 Å². The number of benzene rings is 2. The monoisotopic (exact) mass is 390 g/mol. The number of amides is 2. The molecule has 2 aromatic rings. The van der Waals surface area contributed by atoms with Crippen LogP contribution in [-0.2, 0) is 6.42 Å². The summed E-state index contributed by atoms with van der Waals surface area (Å²) < 4.78 is 16.7. The number of rotatable bonds is 7. The van der Waals surface area contributed by atoms with Crippen LogP contribution in [0.15, 0.2) is 42.5 Å². The lowest BCUT2D eigenvalue weighted by atomic mass is 10.1. The highest BCUT2D eigenvalue weighted by Gasteiger charge is 2.16. The maximum Gasteiger partial charge on any atom is 0.317 e. The number of para-hydroxylation sites is 1. The molecule has 1 aliphatic heterocycles. The van der Waals surface area contributed by atoms with E-state index in [-0.39, 0.29) is 6.03 Å². The normalized spacial score (nSPS) is 12.4. The van der Waals surface area contributed by atoms with Crippen LogP contribution >= 0.6 is 11.6 Å². The number of likely N-dealkylation sites (N-methyl/N-ethyl adjacent to an activating group) is 1. The van der Waals surface area contributed by atoms with E-state index in [0.29, 0.717) is 55.9 Å². The molecule has 0 saturated heterocycles. The molecule has 2 amide bonds. The van der Waals surface area contributed by atoms with Gasteiger partial charge in [0.15, 0.2) is 11.5 Å². The third-order valence-electron chi connectivity index (χ3n) is 4.13. The summed E-state index contributed by atoms with van der Waals surface area (Å²) in [7, 11) is 1.74. The Morgan fingerprint density at radius 2 is 2.00 bits per heavy atom. The highest BCUT2D eigenvalue weighted by atomic mass is 35.5. The summed E-state index contributed by atoms with van der Waals surface area (Å²) in [4.78, 5) is 13.8. The fourth-order valence-electron chi connectivity index (χ4n) is 2.68. The number of nitrogens with zero attached hydrogens (tertiary/aromatic N) is 1. The molecule has 0 unspecified atom stereocenters. The molecular weight excluding hydrogens is 368 g/mol. The molecule has 0 fully saturated rings. The van der Waals surface area contributed by atoms with E-state index in [4.69, 9.17) is 25.8 Å². The van der Waals surface area contributed by atoms with E-state index in [1.54, 1.807) is 11.9 Å². The molecule has 27 heavy (non-hydrogen) atoms. The average molecular weight is 391 g/mol. The molecule has 0 aromatic heterocycles. The Hall–Kier alpha value is -2.60. The molecule has 1 aliphatic rings. The van der Waals surface area contributed by atoms with Gasteiger partial charge in [0.2, 0.25) is 0 Å². The summed E-state index contributed by atoms with van der Waals surface area (Å²) in [5.74, 6) is 2.04. The second-order valence-electron chi connectivity index (χ2n) is 6.17. The first kappa shape index (κ1) is 19.2. The van der Waals surface area contributed by atoms with Gasteiger partial charge in [-0.3, -0.25) is 0 Å². The van der Waals surface area contributed by atoms with Gasteiger partial charge in [-0.2, -0.15) is 0 Å². The molecule has 0 atom stereocenters. The molecule has 2 aromatic carbocycles. The van der Waals surface area contributed by atoms with E-state index >= 15 is 0 Å². The van der Waals surface area contributed by atoms with Crippen LogP contribution in [0.5, 0.6) is 17.2 Å². The van der Waals surface area contributed by atoms with Gasteiger partial charge in [0.1, 0.15) is 25.6 Å². The van der Waals surface area contributed by atoms with Crippen LogP contribution in [0.1, 0.15) is 5.56 Å². The standard InChI is InChI=1S/C20H23ClN2O4/c1-23(9-10-25-16-5-3-2-4-6-16)20(24)22-8-7-15-13-17(21)19-18(14-15)26-11-12-27-19/h2-6,13-14H,7-12H2,1H3,(H,22,24). The van der Waals surface area contributed by atoms with Crippen molar-refractivity contribution in [3.63, 3.8) is 0 Å². The highest BCUT2D eigenvalue weighted by molar-refractivity contribution is 6.32. The van der Waals surface area contributed by atoms with Gasteiger partial charge >= 0.3 is 6.03 Å². The van der Waals surface area contributed by atoms with Crippen molar-refractivity contribution in [1.29, 1.82) is 0 Å². The van der Waals surface area contributed by atoms with E-state index in [0.717, 1.165) is 11.3 Å². The molecule has 6 nitrogen and oxygen atoms in total. The van der Waals surface area contributed by atoms with Gasteiger partial charge in [-0.1, -0.05) is 29.8 Å². The summed E-state index contributed by atoms with van der Waals surface area (Å²) in [5, 5.41) is 3.43. The molecule has 0 bridgehead atoms. The zero-order valence-electron chi connectivity index (χ0n) is 15.2. The lowest BCUT2D eigenvalue weighted by Crippen LogP contribution is -2.40. The fraction of sp³-hybridized carbons (Fsp3) is 0.350. The number of halogens is 1. The largest absolute Gasteiger partial charge is 0.492 e. The second-order valence-corrected chi connectivity index (χ2v) is 6.57. The summed E-state index contributed by atoms with van der Waals surface area (Å²) in [6, 6.07) is 13.1. The van der Waals surface area contributed by atoms with Crippen LogP contribution in [-0.4, -0.2) is 50.9 Å². The Bertz CT molecular complexity index is 770. The van der Waals surface area contributed by atoms with Crippen LogP contribution in [0.4, 0.5) is 4.79 Å². The predicted octanol–water partition coefficient (Wildman–Crippen LogP) is 3.37. The Labute approximate surface area is 164 Å². The number of ether oxygens (including phenoxy) is 3. The average Bonchev–Trinajstić information content (AvgIpc) is 2.68. The van der Waals surface area contributed by atoms with Crippen LogP contribution < -0.4 is 19.5 Å². The molecule has 7 heteroatoms. The van der Waals surface area contributed by atoms with Crippen LogP contribution in [0, 0.1) is 0 Å². The van der Waals surface area contributed by atoms with Crippen LogP contribution in [0.25, 0.3) is 0 Å². The Kier molecular flexibility index (Phi) is 6.65. The first-order valence-corrected chi connectivity index (χ1v) is 9.26. The first-order valence-electron chi connectivity index (χ1n) is 8.88. The minimum absolute atomic E-state index is 0.143. The van der Waals surface area contributed by atoms with Crippen molar-refractivity contribution >= 4 is 17.6 Å². The Morgan fingerprint density at radius 1 is 1.22 bits per heavy atom. The molecule has 144 valence electrons. The van der Waals surface area contributed by atoms with E-state index in [9.17, 15) is 4.79 Å². The summed E-state index contributed by atoms with van der Waals surface area (Å²) in [5.41, 5.74) is 0.986. The van der Waals surface area contributed by atoms with Gasteiger partial charge in [0.25, 0.3) is 0 Å². The predicted molar refractivity (Wildman–Crippen MR) is 104 cm³/mol. The molecule has 3 rings (SSSR count). The van der Waals surface area contributed by atoms with E-state index < -0.39 is 0 Å². The van der Waals surface area contributed by atoms with Crippen molar-refractivity contribution in [2.75, 3.05) is 40.0 Å². The van der Waals surface area contributed by atoms with Gasteiger partial charge in [-0.05, 0) is 36.2 Å². The minimum Gasteiger partial charge on any atom is -0.492 e. The third kappa shape index (κ3) is 5.44. The minimum atomic E-state index is -0.143. The lowest BCUT2D eigenvalue weighted by Gasteiger charge is -2.21. The van der Waals surface area contributed by atoms with Crippen molar-refractivity contribution in [2.24, 2.45) is 0 Å². The Morgan fingerprint density at radius 3 is 2.81 bits per heavy atom. The Balaban J connectivity index is 1.40. The number of carbonyl (C=O) groups excluding carboxylic acids is 1.